The summed E-state index contributed by atoms with van der Waals surface area (Å²) in [7, 11) is -3.10. The molecule has 1 aliphatic heterocycles. The van der Waals surface area contributed by atoms with Crippen molar-refractivity contribution in [2.75, 3.05) is 25.4 Å². The van der Waals surface area contributed by atoms with E-state index >= 15 is 0 Å². The number of hydrogen-bond acceptors (Lipinski definition) is 3. The molecule has 5 nitrogen and oxygen atoms in total. The molecule has 1 fully saturated rings. The minimum atomic E-state index is -3.10. The summed E-state index contributed by atoms with van der Waals surface area (Å²) in [5, 5.41) is 0. The first kappa shape index (κ1) is 17.9. The van der Waals surface area contributed by atoms with E-state index in [1.807, 2.05) is 36.1 Å². The molecular formula is C17H26N2O3S. The van der Waals surface area contributed by atoms with E-state index in [0.29, 0.717) is 12.5 Å². The average molecular weight is 338 g/mol. The molecule has 1 aliphatic rings. The second kappa shape index (κ2) is 7.93. The van der Waals surface area contributed by atoms with Crippen LogP contribution in [0, 0.1) is 12.8 Å². The summed E-state index contributed by atoms with van der Waals surface area (Å²) < 4.78 is 25.4. The molecule has 1 amide bonds. The van der Waals surface area contributed by atoms with Gasteiger partial charge in [-0.25, -0.2) is 13.1 Å². The van der Waals surface area contributed by atoms with Crippen LogP contribution in [-0.2, 0) is 10.0 Å². The van der Waals surface area contributed by atoms with Crippen LogP contribution in [0.4, 0.5) is 0 Å². The lowest BCUT2D eigenvalue weighted by atomic mass is 9.93. The standard InChI is InChI=1S/C17H26N2O3S/c1-3-23(21,22)18-11-8-15-9-12-19(13-10-15)17(20)16-6-4-14(2)5-7-16/h4-7,15,18H,3,8-13H2,1-2H3. The van der Waals surface area contributed by atoms with Gasteiger partial charge in [-0.2, -0.15) is 0 Å². The monoisotopic (exact) mass is 338 g/mol. The molecule has 0 aromatic heterocycles. The Bertz CT molecular complexity index is 618. The SMILES string of the molecule is CCS(=O)(=O)NCCC1CCN(C(=O)c2ccc(C)cc2)CC1. The fraction of sp³-hybridized carbons (Fsp3) is 0.588. The van der Waals surface area contributed by atoms with Crippen LogP contribution in [0.2, 0.25) is 0 Å². The predicted octanol–water partition coefficient (Wildman–Crippen LogP) is 2.18. The molecular weight excluding hydrogens is 312 g/mol. The third-order valence-electron chi connectivity index (χ3n) is 4.45. The van der Waals surface area contributed by atoms with Crippen molar-refractivity contribution in [3.63, 3.8) is 0 Å². The number of aryl methyl sites for hydroxylation is 1. The molecule has 1 N–H and O–H groups in total. The van der Waals surface area contributed by atoms with E-state index in [4.69, 9.17) is 0 Å². The Morgan fingerprint density at radius 3 is 2.39 bits per heavy atom. The van der Waals surface area contributed by atoms with E-state index < -0.39 is 10.0 Å². The fourth-order valence-electron chi connectivity index (χ4n) is 2.82. The van der Waals surface area contributed by atoms with Gasteiger partial charge in [0.15, 0.2) is 0 Å². The second-order valence-corrected chi connectivity index (χ2v) is 8.28. The third-order valence-corrected chi connectivity index (χ3v) is 5.86. The van der Waals surface area contributed by atoms with Crippen LogP contribution in [0.1, 0.15) is 42.1 Å². The Kier molecular flexibility index (Phi) is 6.18. The molecule has 0 aliphatic carbocycles. The van der Waals surface area contributed by atoms with E-state index in [2.05, 4.69) is 4.72 Å². The zero-order valence-electron chi connectivity index (χ0n) is 13.9. The number of sulfonamides is 1. The summed E-state index contributed by atoms with van der Waals surface area (Å²) in [6.07, 6.45) is 2.71. The molecule has 6 heteroatoms. The highest BCUT2D eigenvalue weighted by molar-refractivity contribution is 7.89. The zero-order valence-corrected chi connectivity index (χ0v) is 14.7. The van der Waals surface area contributed by atoms with Gasteiger partial charge in [0, 0.05) is 25.2 Å². The van der Waals surface area contributed by atoms with Gasteiger partial charge in [0.2, 0.25) is 10.0 Å². The molecule has 1 aromatic rings. The molecule has 1 aromatic carbocycles. The lowest BCUT2D eigenvalue weighted by molar-refractivity contribution is 0.0687. The number of likely N-dealkylation sites (tertiary alicyclic amines) is 1. The molecule has 0 unspecified atom stereocenters. The van der Waals surface area contributed by atoms with Crippen molar-refractivity contribution in [3.8, 4) is 0 Å². The number of nitrogens with zero attached hydrogens (tertiary/aromatic N) is 1. The molecule has 1 heterocycles. The summed E-state index contributed by atoms with van der Waals surface area (Å²) >= 11 is 0. The number of amides is 1. The summed E-state index contributed by atoms with van der Waals surface area (Å²) in [5.41, 5.74) is 1.89. The van der Waals surface area contributed by atoms with Crippen molar-refractivity contribution >= 4 is 15.9 Å². The van der Waals surface area contributed by atoms with Crippen LogP contribution in [0.5, 0.6) is 0 Å². The van der Waals surface area contributed by atoms with Crippen LogP contribution in [0.15, 0.2) is 24.3 Å². The minimum Gasteiger partial charge on any atom is -0.339 e. The molecule has 0 spiro atoms. The lowest BCUT2D eigenvalue weighted by Gasteiger charge is -2.32. The zero-order chi connectivity index (χ0) is 16.9. The number of piperidine rings is 1. The molecule has 0 atom stereocenters. The molecule has 0 saturated carbocycles. The number of hydrogen-bond donors (Lipinski definition) is 1. The Balaban J connectivity index is 1.77. The summed E-state index contributed by atoms with van der Waals surface area (Å²) in [6, 6.07) is 7.67. The molecule has 1 saturated heterocycles. The van der Waals surface area contributed by atoms with E-state index in [0.717, 1.165) is 43.5 Å². The van der Waals surface area contributed by atoms with Crippen molar-refractivity contribution in [3.05, 3.63) is 35.4 Å². The van der Waals surface area contributed by atoms with E-state index in [9.17, 15) is 13.2 Å². The van der Waals surface area contributed by atoms with Crippen LogP contribution < -0.4 is 4.72 Å². The minimum absolute atomic E-state index is 0.0927. The van der Waals surface area contributed by atoms with Gasteiger partial charge in [-0.1, -0.05) is 17.7 Å². The number of carbonyl (C=O) groups excluding carboxylic acids is 1. The normalized spacial score (nSPS) is 16.5. The van der Waals surface area contributed by atoms with Gasteiger partial charge in [-0.05, 0) is 51.2 Å². The Morgan fingerprint density at radius 1 is 1.22 bits per heavy atom. The van der Waals surface area contributed by atoms with Gasteiger partial charge in [0.1, 0.15) is 0 Å². The van der Waals surface area contributed by atoms with Gasteiger partial charge >= 0.3 is 0 Å². The molecule has 128 valence electrons. The van der Waals surface area contributed by atoms with Gasteiger partial charge in [-0.15, -0.1) is 0 Å². The van der Waals surface area contributed by atoms with Crippen LogP contribution in [-0.4, -0.2) is 44.6 Å². The Labute approximate surface area is 139 Å². The maximum Gasteiger partial charge on any atom is 0.253 e. The first-order valence-electron chi connectivity index (χ1n) is 8.24. The summed E-state index contributed by atoms with van der Waals surface area (Å²) in [6.45, 7) is 5.63. The molecule has 0 bridgehead atoms. The Morgan fingerprint density at radius 2 is 1.83 bits per heavy atom. The maximum absolute atomic E-state index is 12.4. The maximum atomic E-state index is 12.4. The van der Waals surface area contributed by atoms with Crippen molar-refractivity contribution in [1.82, 2.24) is 9.62 Å². The number of benzene rings is 1. The molecule has 2 rings (SSSR count). The van der Waals surface area contributed by atoms with Crippen LogP contribution in [0.3, 0.4) is 0 Å². The van der Waals surface area contributed by atoms with Gasteiger partial charge < -0.3 is 4.90 Å². The number of carbonyl (C=O) groups is 1. The highest BCUT2D eigenvalue weighted by atomic mass is 32.2. The highest BCUT2D eigenvalue weighted by Gasteiger charge is 2.23. The summed E-state index contributed by atoms with van der Waals surface area (Å²) in [5.74, 6) is 0.697. The molecule has 23 heavy (non-hydrogen) atoms. The van der Waals surface area contributed by atoms with E-state index in [1.165, 1.54) is 0 Å². The van der Waals surface area contributed by atoms with Crippen molar-refractivity contribution in [2.45, 2.75) is 33.1 Å². The lowest BCUT2D eigenvalue weighted by Crippen LogP contribution is -2.39. The predicted molar refractivity (Wildman–Crippen MR) is 91.9 cm³/mol. The Hall–Kier alpha value is -1.40. The van der Waals surface area contributed by atoms with E-state index in [1.54, 1.807) is 6.92 Å². The third kappa shape index (κ3) is 5.32. The molecule has 0 radical (unpaired) electrons. The number of rotatable bonds is 6. The first-order chi connectivity index (χ1) is 10.9. The second-order valence-electron chi connectivity index (χ2n) is 6.19. The van der Waals surface area contributed by atoms with E-state index in [-0.39, 0.29) is 11.7 Å². The first-order valence-corrected chi connectivity index (χ1v) is 9.90. The van der Waals surface area contributed by atoms with Crippen molar-refractivity contribution in [2.24, 2.45) is 5.92 Å². The highest BCUT2D eigenvalue weighted by Crippen LogP contribution is 2.21. The number of nitrogens with one attached hydrogen (secondary N) is 1. The fourth-order valence-corrected chi connectivity index (χ4v) is 3.46. The van der Waals surface area contributed by atoms with Crippen LogP contribution >= 0.6 is 0 Å². The largest absolute Gasteiger partial charge is 0.339 e. The van der Waals surface area contributed by atoms with Gasteiger partial charge in [0.05, 0.1) is 5.75 Å². The van der Waals surface area contributed by atoms with Crippen molar-refractivity contribution < 1.29 is 13.2 Å². The summed E-state index contributed by atoms with van der Waals surface area (Å²) in [4.78, 5) is 14.3. The van der Waals surface area contributed by atoms with Crippen LogP contribution in [0.25, 0.3) is 0 Å². The quantitative estimate of drug-likeness (QED) is 0.864. The van der Waals surface area contributed by atoms with Gasteiger partial charge in [-0.3, -0.25) is 4.79 Å². The van der Waals surface area contributed by atoms with Gasteiger partial charge in [0.25, 0.3) is 5.91 Å². The van der Waals surface area contributed by atoms with Crippen molar-refractivity contribution in [1.29, 1.82) is 0 Å². The smallest absolute Gasteiger partial charge is 0.253 e. The average Bonchev–Trinajstić information content (AvgIpc) is 2.55. The topological polar surface area (TPSA) is 66.5 Å².